The van der Waals surface area contributed by atoms with E-state index in [1.807, 2.05) is 0 Å². The van der Waals surface area contributed by atoms with Gasteiger partial charge in [-0.3, -0.25) is 0 Å². The van der Waals surface area contributed by atoms with E-state index in [0.29, 0.717) is 5.41 Å². The minimum atomic E-state index is 0.391. The monoisotopic (exact) mass is 114 g/mol. The topological polar surface area (TPSA) is 12.0 Å². The van der Waals surface area contributed by atoms with E-state index in [1.54, 1.807) is 0 Å². The summed E-state index contributed by atoms with van der Waals surface area (Å²) in [4.78, 5) is 2.91. The Morgan fingerprint density at radius 3 is 1.86 bits per heavy atom. The maximum absolute atomic E-state index is 3.18. The zero-order chi connectivity index (χ0) is 5.91. The highest BCUT2D eigenvalue weighted by atomic mass is 28.2. The quantitative estimate of drug-likeness (QED) is 0.495. The van der Waals surface area contributed by atoms with Gasteiger partial charge < -0.3 is 4.98 Å². The number of hydrogen-bond donors (Lipinski definition) is 1. The fraction of sp³-hybridized carbons (Fsp3) is 1.00. The van der Waals surface area contributed by atoms with Gasteiger partial charge in [-0.1, -0.05) is 20.8 Å². The minimum absolute atomic E-state index is 0.391. The summed E-state index contributed by atoms with van der Waals surface area (Å²) >= 11 is 0. The third-order valence-corrected chi connectivity index (χ3v) is 0.795. The van der Waals surface area contributed by atoms with Gasteiger partial charge in [0.15, 0.2) is 0 Å². The lowest BCUT2D eigenvalue weighted by Crippen LogP contribution is -2.24. The Morgan fingerprint density at radius 2 is 1.86 bits per heavy atom. The number of rotatable bonds is 1. The van der Waals surface area contributed by atoms with Crippen molar-refractivity contribution in [3.05, 3.63) is 0 Å². The van der Waals surface area contributed by atoms with E-state index in [0.717, 1.165) is 6.54 Å². The summed E-state index contributed by atoms with van der Waals surface area (Å²) in [6.45, 7) is 7.55. The van der Waals surface area contributed by atoms with Crippen LogP contribution in [0.3, 0.4) is 0 Å². The minimum Gasteiger partial charge on any atom is -0.340 e. The SMILES string of the molecule is CC(C)(C)CN[Si]. The van der Waals surface area contributed by atoms with E-state index >= 15 is 0 Å². The molecule has 0 aliphatic heterocycles. The summed E-state index contributed by atoms with van der Waals surface area (Å²) in [6.07, 6.45) is 0. The summed E-state index contributed by atoms with van der Waals surface area (Å²) in [5.41, 5.74) is 0.391. The first-order valence-corrected chi connectivity index (χ1v) is 2.96. The summed E-state index contributed by atoms with van der Waals surface area (Å²) in [7, 11) is 3.18. The zero-order valence-electron chi connectivity index (χ0n) is 5.21. The van der Waals surface area contributed by atoms with Gasteiger partial charge >= 0.3 is 0 Å². The third kappa shape index (κ3) is 6.18. The molecule has 0 aromatic rings. The normalized spacial score (nSPS) is 12.0. The number of nitrogens with one attached hydrogen (secondary N) is 1. The fourth-order valence-corrected chi connectivity index (χ4v) is 0.795. The summed E-state index contributed by atoms with van der Waals surface area (Å²) in [5, 5.41) is 0. The van der Waals surface area contributed by atoms with Crippen LogP contribution in [-0.4, -0.2) is 16.9 Å². The predicted molar refractivity (Wildman–Crippen MR) is 33.2 cm³/mol. The van der Waals surface area contributed by atoms with Crippen molar-refractivity contribution in [1.82, 2.24) is 4.98 Å². The average molecular weight is 114 g/mol. The van der Waals surface area contributed by atoms with Gasteiger partial charge in [0.25, 0.3) is 0 Å². The Balaban J connectivity index is 3.15. The van der Waals surface area contributed by atoms with E-state index < -0.39 is 0 Å². The zero-order valence-corrected chi connectivity index (χ0v) is 6.21. The van der Waals surface area contributed by atoms with Crippen molar-refractivity contribution in [2.24, 2.45) is 5.41 Å². The van der Waals surface area contributed by atoms with Crippen LogP contribution < -0.4 is 4.98 Å². The standard InChI is InChI=1S/C5H12NSi/c1-5(2,3)4-6-7/h6H,4H2,1-3H3. The smallest absolute Gasteiger partial charge is 0.140 e. The van der Waals surface area contributed by atoms with E-state index in [2.05, 4.69) is 36.2 Å². The molecular weight excluding hydrogens is 102 g/mol. The summed E-state index contributed by atoms with van der Waals surface area (Å²) in [6, 6.07) is 0. The fourth-order valence-electron chi connectivity index (χ4n) is 0.265. The van der Waals surface area contributed by atoms with Gasteiger partial charge in [-0.2, -0.15) is 0 Å². The molecule has 2 heteroatoms. The third-order valence-electron chi connectivity index (χ3n) is 0.619. The lowest BCUT2D eigenvalue weighted by Gasteiger charge is -2.16. The van der Waals surface area contributed by atoms with Crippen molar-refractivity contribution in [3.8, 4) is 0 Å². The molecule has 0 bridgehead atoms. The Labute approximate surface area is 49.0 Å². The van der Waals surface area contributed by atoms with Crippen LogP contribution in [0.5, 0.6) is 0 Å². The van der Waals surface area contributed by atoms with Gasteiger partial charge in [0.2, 0.25) is 0 Å². The second-order valence-corrected chi connectivity index (χ2v) is 3.27. The van der Waals surface area contributed by atoms with Gasteiger partial charge in [0.05, 0.1) is 0 Å². The Bertz CT molecular complexity index is 46.5. The molecule has 7 heavy (non-hydrogen) atoms. The molecule has 0 saturated carbocycles. The van der Waals surface area contributed by atoms with Crippen molar-refractivity contribution in [2.45, 2.75) is 20.8 Å². The molecule has 0 unspecified atom stereocenters. The molecule has 1 nitrogen and oxygen atoms in total. The molecular formula is C5H12NSi. The molecule has 0 amide bonds. The Morgan fingerprint density at radius 1 is 1.43 bits per heavy atom. The van der Waals surface area contributed by atoms with Gasteiger partial charge in [-0.25, -0.2) is 0 Å². The molecule has 0 saturated heterocycles. The van der Waals surface area contributed by atoms with E-state index in [9.17, 15) is 0 Å². The van der Waals surface area contributed by atoms with Gasteiger partial charge in [0, 0.05) is 0 Å². The van der Waals surface area contributed by atoms with Crippen molar-refractivity contribution in [3.63, 3.8) is 0 Å². The first kappa shape index (κ1) is 7.18. The van der Waals surface area contributed by atoms with Crippen molar-refractivity contribution >= 4 is 10.4 Å². The van der Waals surface area contributed by atoms with Gasteiger partial charge in [-0.05, 0) is 12.0 Å². The van der Waals surface area contributed by atoms with Gasteiger partial charge in [0.1, 0.15) is 10.4 Å². The molecule has 0 aromatic heterocycles. The van der Waals surface area contributed by atoms with Crippen LogP contribution in [0.4, 0.5) is 0 Å². The number of hydrogen-bond acceptors (Lipinski definition) is 1. The van der Waals surface area contributed by atoms with Crippen molar-refractivity contribution in [1.29, 1.82) is 0 Å². The molecule has 0 aliphatic rings. The molecule has 0 heterocycles. The second kappa shape index (κ2) is 2.48. The Kier molecular flexibility index (Phi) is 2.54. The van der Waals surface area contributed by atoms with E-state index in [-0.39, 0.29) is 0 Å². The average Bonchev–Trinajstić information content (AvgIpc) is 1.30. The van der Waals surface area contributed by atoms with Crippen LogP contribution in [0.1, 0.15) is 20.8 Å². The van der Waals surface area contributed by atoms with Crippen molar-refractivity contribution < 1.29 is 0 Å². The lowest BCUT2D eigenvalue weighted by atomic mass is 9.98. The highest BCUT2D eigenvalue weighted by Gasteiger charge is 2.05. The van der Waals surface area contributed by atoms with Gasteiger partial charge in [-0.15, -0.1) is 0 Å². The first-order chi connectivity index (χ1) is 3.06. The maximum atomic E-state index is 3.18. The molecule has 1 N–H and O–H groups in total. The second-order valence-electron chi connectivity index (χ2n) is 2.91. The maximum Gasteiger partial charge on any atom is 0.140 e. The van der Waals surface area contributed by atoms with Crippen molar-refractivity contribution in [2.75, 3.05) is 6.54 Å². The summed E-state index contributed by atoms with van der Waals surface area (Å²) < 4.78 is 0. The molecule has 0 fully saturated rings. The van der Waals surface area contributed by atoms with Crippen LogP contribution in [0.25, 0.3) is 0 Å². The van der Waals surface area contributed by atoms with Crippen LogP contribution in [-0.2, 0) is 0 Å². The van der Waals surface area contributed by atoms with Crippen LogP contribution in [0.15, 0.2) is 0 Å². The summed E-state index contributed by atoms with van der Waals surface area (Å²) in [5.74, 6) is 0. The predicted octanol–water partition coefficient (Wildman–Crippen LogP) is 0.706. The molecule has 0 aromatic carbocycles. The molecule has 41 valence electrons. The van der Waals surface area contributed by atoms with Crippen LogP contribution >= 0.6 is 0 Å². The highest BCUT2D eigenvalue weighted by molar-refractivity contribution is 6.04. The van der Waals surface area contributed by atoms with Crippen LogP contribution in [0.2, 0.25) is 0 Å². The Hall–Kier alpha value is 0.177. The van der Waals surface area contributed by atoms with E-state index in [1.165, 1.54) is 0 Å². The largest absolute Gasteiger partial charge is 0.340 e. The highest BCUT2D eigenvalue weighted by Crippen LogP contribution is 2.09. The molecule has 0 atom stereocenters. The van der Waals surface area contributed by atoms with Crippen LogP contribution in [0, 0.1) is 5.41 Å². The molecule has 3 radical (unpaired) electrons. The first-order valence-electron chi connectivity index (χ1n) is 2.46. The molecule has 0 rings (SSSR count). The lowest BCUT2D eigenvalue weighted by molar-refractivity contribution is 0.413. The molecule has 0 spiro atoms. The molecule has 0 aliphatic carbocycles. The van der Waals surface area contributed by atoms with E-state index in [4.69, 9.17) is 0 Å².